The Morgan fingerprint density at radius 1 is 0.844 bits per heavy atom. The fraction of sp³-hybridized carbons (Fsp3) is 0.250. The summed E-state index contributed by atoms with van der Waals surface area (Å²) in [6.45, 7) is 1.88. The largest absolute Gasteiger partial charge is 0.465 e. The fourth-order valence-corrected chi connectivity index (χ4v) is 9.42. The lowest BCUT2D eigenvalue weighted by Gasteiger charge is -2.53. The maximum Gasteiger partial charge on any atom is 0.337 e. The molecule has 4 aromatic carbocycles. The van der Waals surface area contributed by atoms with Crippen LogP contribution in [0.3, 0.4) is 0 Å². The summed E-state index contributed by atoms with van der Waals surface area (Å²) in [4.78, 5) is 19.9. The average Bonchev–Trinajstić information content (AvgIpc) is 3.64. The Bertz CT molecular complexity index is 1830. The second kappa shape index (κ2) is 11.0. The zero-order chi connectivity index (χ0) is 30.6. The molecule has 0 radical (unpaired) electrons. The maximum atomic E-state index is 12.6. The smallest absolute Gasteiger partial charge is 0.337 e. The number of likely N-dealkylation sites (tertiary alicyclic amines) is 1. The third kappa shape index (κ3) is 4.54. The van der Waals surface area contributed by atoms with Crippen molar-refractivity contribution in [3.63, 3.8) is 0 Å². The molecule has 4 aliphatic rings. The van der Waals surface area contributed by atoms with Gasteiger partial charge in [-0.3, -0.25) is 4.90 Å². The van der Waals surface area contributed by atoms with Crippen LogP contribution in [0, 0.1) is 11.3 Å². The molecule has 5 heteroatoms. The zero-order valence-electron chi connectivity index (χ0n) is 25.3. The molecular weight excluding hydrogens is 576 g/mol. The molecule has 1 spiro atoms. The molecule has 224 valence electrons. The third-order valence-electron chi connectivity index (χ3n) is 10.9. The van der Waals surface area contributed by atoms with Gasteiger partial charge in [-0.15, -0.1) is 0 Å². The number of esters is 1. The Hall–Kier alpha value is -4.25. The highest BCUT2D eigenvalue weighted by Crippen LogP contribution is 2.82. The van der Waals surface area contributed by atoms with Crippen LogP contribution in [0.2, 0.25) is 5.15 Å². The molecule has 0 N–H and O–H groups in total. The van der Waals surface area contributed by atoms with E-state index in [0.29, 0.717) is 22.7 Å². The van der Waals surface area contributed by atoms with Crippen LogP contribution in [0.4, 0.5) is 0 Å². The molecule has 5 aromatic rings. The predicted octanol–water partition coefficient (Wildman–Crippen LogP) is 8.88. The molecule has 1 aliphatic heterocycles. The topological polar surface area (TPSA) is 42.4 Å². The molecule has 1 unspecified atom stereocenters. The number of benzene rings is 4. The van der Waals surface area contributed by atoms with Crippen LogP contribution in [0.5, 0.6) is 0 Å². The number of hydrogen-bond acceptors (Lipinski definition) is 4. The van der Waals surface area contributed by atoms with E-state index in [0.717, 1.165) is 25.9 Å². The van der Waals surface area contributed by atoms with Crippen molar-refractivity contribution in [3.05, 3.63) is 160 Å². The predicted molar refractivity (Wildman–Crippen MR) is 178 cm³/mol. The van der Waals surface area contributed by atoms with E-state index < -0.39 is 0 Å². The average molecular weight is 611 g/mol. The maximum absolute atomic E-state index is 12.6. The van der Waals surface area contributed by atoms with Crippen molar-refractivity contribution in [1.29, 1.82) is 0 Å². The van der Waals surface area contributed by atoms with E-state index in [1.165, 1.54) is 40.5 Å². The van der Waals surface area contributed by atoms with Crippen LogP contribution < -0.4 is 0 Å². The highest BCUT2D eigenvalue weighted by atomic mass is 35.5. The van der Waals surface area contributed by atoms with Crippen molar-refractivity contribution in [3.8, 4) is 11.1 Å². The number of pyridine rings is 1. The monoisotopic (exact) mass is 610 g/mol. The summed E-state index contributed by atoms with van der Waals surface area (Å²) in [5.41, 5.74) is 8.27. The quantitative estimate of drug-likeness (QED) is 0.136. The number of methoxy groups -OCH3 is 1. The van der Waals surface area contributed by atoms with Gasteiger partial charge >= 0.3 is 5.97 Å². The summed E-state index contributed by atoms with van der Waals surface area (Å²) in [7, 11) is 1.45. The minimum absolute atomic E-state index is 0.0827. The lowest BCUT2D eigenvalue weighted by atomic mass is 9.52. The van der Waals surface area contributed by atoms with Gasteiger partial charge in [-0.25, -0.2) is 9.78 Å². The summed E-state index contributed by atoms with van der Waals surface area (Å²) in [5.74, 6) is 0.389. The number of hydrogen-bond donors (Lipinski definition) is 0. The first-order chi connectivity index (χ1) is 22.0. The number of aromatic nitrogens is 1. The van der Waals surface area contributed by atoms with Crippen molar-refractivity contribution in [2.45, 2.75) is 36.8 Å². The van der Waals surface area contributed by atoms with Crippen molar-refractivity contribution in [1.82, 2.24) is 9.88 Å². The van der Waals surface area contributed by atoms with Gasteiger partial charge in [-0.2, -0.15) is 0 Å². The van der Waals surface area contributed by atoms with Crippen LogP contribution >= 0.6 is 11.6 Å². The van der Waals surface area contributed by atoms with Crippen LogP contribution in [0.25, 0.3) is 11.1 Å². The first-order valence-electron chi connectivity index (χ1n) is 15.7. The van der Waals surface area contributed by atoms with E-state index in [4.69, 9.17) is 16.3 Å². The summed E-state index contributed by atoms with van der Waals surface area (Å²) in [6.07, 6.45) is 4.10. The van der Waals surface area contributed by atoms with E-state index in [2.05, 4.69) is 113 Å². The van der Waals surface area contributed by atoms with Crippen molar-refractivity contribution in [2.24, 2.45) is 11.3 Å². The lowest BCUT2D eigenvalue weighted by Crippen LogP contribution is -2.47. The van der Waals surface area contributed by atoms with Gasteiger partial charge in [-0.1, -0.05) is 115 Å². The van der Waals surface area contributed by atoms with E-state index in [-0.39, 0.29) is 22.7 Å². The van der Waals surface area contributed by atoms with Gasteiger partial charge in [0, 0.05) is 30.7 Å². The molecule has 2 bridgehead atoms. The molecule has 0 amide bonds. The van der Waals surface area contributed by atoms with E-state index >= 15 is 0 Å². The summed E-state index contributed by atoms with van der Waals surface area (Å²) in [6, 6.07) is 43.3. The molecule has 3 atom stereocenters. The summed E-state index contributed by atoms with van der Waals surface area (Å²) < 4.78 is 5.11. The normalized spacial score (nSPS) is 26.7. The zero-order valence-corrected chi connectivity index (χ0v) is 26.0. The van der Waals surface area contributed by atoms with Gasteiger partial charge in [0.1, 0.15) is 5.15 Å². The molecule has 9 rings (SSSR count). The SMILES string of the molecule is COC(=O)c1cccc(C23CC4(C2)[C@H](CN(Cc2ccc(-c5ccccc5)cc2)[C@@H]4c2ccccc2)C3c2ccc(Cl)nc2)c1. The minimum Gasteiger partial charge on any atom is -0.465 e. The van der Waals surface area contributed by atoms with Crippen molar-refractivity contribution >= 4 is 17.6 Å². The van der Waals surface area contributed by atoms with Gasteiger partial charge in [0.2, 0.25) is 0 Å². The number of ether oxygens (including phenoxy) is 1. The van der Waals surface area contributed by atoms with E-state index in [1.54, 1.807) is 0 Å². The van der Waals surface area contributed by atoms with Gasteiger partial charge < -0.3 is 4.74 Å². The number of carbonyl (C=O) groups excluding carboxylic acids is 1. The number of halogens is 1. The highest BCUT2D eigenvalue weighted by Gasteiger charge is 2.77. The van der Waals surface area contributed by atoms with E-state index in [1.807, 2.05) is 24.4 Å². The second-order valence-corrected chi connectivity index (χ2v) is 13.5. The molecule has 1 saturated heterocycles. The summed E-state index contributed by atoms with van der Waals surface area (Å²) in [5, 5.41) is 0.509. The van der Waals surface area contributed by atoms with Crippen LogP contribution in [0.1, 0.15) is 57.4 Å². The highest BCUT2D eigenvalue weighted by molar-refractivity contribution is 6.29. The Labute approximate surface area is 269 Å². The lowest BCUT2D eigenvalue weighted by molar-refractivity contribution is 0.0296. The van der Waals surface area contributed by atoms with Gasteiger partial charge in [0.25, 0.3) is 0 Å². The molecule has 45 heavy (non-hydrogen) atoms. The number of nitrogens with zero attached hydrogens (tertiary/aromatic N) is 2. The number of rotatable bonds is 7. The van der Waals surface area contributed by atoms with Gasteiger partial charge in [0.15, 0.2) is 0 Å². The first-order valence-corrected chi connectivity index (χ1v) is 16.1. The fourth-order valence-electron chi connectivity index (χ4n) is 9.31. The Morgan fingerprint density at radius 2 is 1.56 bits per heavy atom. The van der Waals surface area contributed by atoms with Crippen LogP contribution in [-0.4, -0.2) is 29.5 Å². The molecule has 4 fully saturated rings. The molecule has 1 aromatic heterocycles. The molecule has 4 nitrogen and oxygen atoms in total. The molecule has 3 aliphatic carbocycles. The molecule has 2 heterocycles. The standard InChI is InChI=1S/C40H35ClN2O2/c1-45-38(44)31-13-8-14-33(21-31)39-25-40(26-39)34(36(39)32-19-20-35(41)42-22-32)24-43(37(40)30-11-6-3-7-12-30)23-27-15-17-29(18-16-27)28-9-4-2-5-10-28/h2-22,34,36-37H,23-26H2,1H3/t34-,36?,37-,39?,40?/m1/s1. The minimum atomic E-state index is -0.295. The van der Waals surface area contributed by atoms with Crippen LogP contribution in [-0.2, 0) is 16.7 Å². The van der Waals surface area contributed by atoms with Crippen molar-refractivity contribution < 1.29 is 9.53 Å². The first kappa shape index (κ1) is 28.2. The third-order valence-corrected chi connectivity index (χ3v) is 11.1. The van der Waals surface area contributed by atoms with E-state index in [9.17, 15) is 4.79 Å². The second-order valence-electron chi connectivity index (χ2n) is 13.1. The molecule has 3 saturated carbocycles. The van der Waals surface area contributed by atoms with Gasteiger partial charge in [0.05, 0.1) is 12.7 Å². The number of carbonyl (C=O) groups is 1. The van der Waals surface area contributed by atoms with Crippen LogP contribution in [0.15, 0.2) is 128 Å². The Kier molecular flexibility index (Phi) is 6.89. The Morgan fingerprint density at radius 3 is 2.24 bits per heavy atom. The van der Waals surface area contributed by atoms with Crippen molar-refractivity contribution in [2.75, 3.05) is 13.7 Å². The van der Waals surface area contributed by atoms with Gasteiger partial charge in [-0.05, 0) is 81.7 Å². The molecular formula is C40H35ClN2O2. The summed E-state index contributed by atoms with van der Waals surface area (Å²) >= 11 is 6.29. The Balaban J connectivity index is 1.19.